The summed E-state index contributed by atoms with van der Waals surface area (Å²) in [6, 6.07) is 17.1. The Labute approximate surface area is 183 Å². The molecule has 2 aromatic rings. The van der Waals surface area contributed by atoms with Crippen LogP contribution in [0.3, 0.4) is 0 Å². The molecule has 0 aromatic heterocycles. The molecule has 1 fully saturated rings. The topological polar surface area (TPSA) is 87.9 Å². The van der Waals surface area contributed by atoms with Gasteiger partial charge in [0.15, 0.2) is 6.61 Å². The van der Waals surface area contributed by atoms with Crippen LogP contribution in [0.5, 0.6) is 5.75 Å². The van der Waals surface area contributed by atoms with E-state index in [-0.39, 0.29) is 18.6 Å². The van der Waals surface area contributed by atoms with Gasteiger partial charge in [-0.1, -0.05) is 42.5 Å². The molecule has 1 aliphatic rings. The summed E-state index contributed by atoms with van der Waals surface area (Å²) in [6.07, 6.45) is 3.30. The van der Waals surface area contributed by atoms with Crippen LogP contribution in [0.25, 0.3) is 6.08 Å². The first-order valence-corrected chi connectivity index (χ1v) is 10.4. The summed E-state index contributed by atoms with van der Waals surface area (Å²) in [4.78, 5) is 28.1. The molecule has 164 valence electrons. The number of ether oxygens (including phenoxy) is 1. The summed E-state index contributed by atoms with van der Waals surface area (Å²) in [7, 11) is 2.13. The standard InChI is InChI=1S/C24H30N4O3/c1-27-13-15-28(16-14-27)17-22(20-5-3-2-4-6-20)26-24(30)12-9-19-7-10-21(11-8-19)31-18-23(25)29/h2-12,22H,13-18H2,1H3,(H2,25,29)(H,26,30)/b12-9+. The number of carbonyl (C=O) groups excluding carboxylic acids is 2. The van der Waals surface area contributed by atoms with Crippen LogP contribution in [0.1, 0.15) is 17.2 Å². The van der Waals surface area contributed by atoms with E-state index in [1.807, 2.05) is 30.3 Å². The fourth-order valence-corrected chi connectivity index (χ4v) is 3.43. The van der Waals surface area contributed by atoms with Crippen LogP contribution in [0.4, 0.5) is 0 Å². The van der Waals surface area contributed by atoms with Gasteiger partial charge in [-0.3, -0.25) is 14.5 Å². The number of benzene rings is 2. The molecule has 1 aliphatic heterocycles. The molecule has 0 bridgehead atoms. The summed E-state index contributed by atoms with van der Waals surface area (Å²) in [5.74, 6) is -0.112. The highest BCUT2D eigenvalue weighted by molar-refractivity contribution is 5.92. The minimum atomic E-state index is -0.523. The van der Waals surface area contributed by atoms with Crippen molar-refractivity contribution in [2.75, 3.05) is 46.4 Å². The second-order valence-electron chi connectivity index (χ2n) is 7.73. The van der Waals surface area contributed by atoms with Crippen molar-refractivity contribution in [3.63, 3.8) is 0 Å². The Balaban J connectivity index is 1.59. The van der Waals surface area contributed by atoms with E-state index in [0.717, 1.165) is 43.9 Å². The zero-order valence-electron chi connectivity index (χ0n) is 17.9. The number of hydrogen-bond donors (Lipinski definition) is 2. The lowest BCUT2D eigenvalue weighted by Gasteiger charge is -2.34. The van der Waals surface area contributed by atoms with Crippen LogP contribution in [0.2, 0.25) is 0 Å². The van der Waals surface area contributed by atoms with Crippen molar-refractivity contribution < 1.29 is 14.3 Å². The quantitative estimate of drug-likeness (QED) is 0.600. The summed E-state index contributed by atoms with van der Waals surface area (Å²) < 4.78 is 5.24. The van der Waals surface area contributed by atoms with Gasteiger partial charge in [-0.25, -0.2) is 0 Å². The molecule has 31 heavy (non-hydrogen) atoms. The molecule has 0 radical (unpaired) electrons. The van der Waals surface area contributed by atoms with E-state index in [9.17, 15) is 9.59 Å². The Bertz CT molecular complexity index is 875. The lowest BCUT2D eigenvalue weighted by atomic mass is 10.1. The highest BCUT2D eigenvalue weighted by Gasteiger charge is 2.20. The smallest absolute Gasteiger partial charge is 0.255 e. The van der Waals surface area contributed by atoms with Gasteiger partial charge in [0, 0.05) is 38.8 Å². The van der Waals surface area contributed by atoms with Crippen molar-refractivity contribution in [1.29, 1.82) is 0 Å². The summed E-state index contributed by atoms with van der Waals surface area (Å²) in [5, 5.41) is 3.15. The largest absolute Gasteiger partial charge is 0.484 e. The molecule has 2 amide bonds. The second kappa shape index (κ2) is 11.3. The first-order valence-electron chi connectivity index (χ1n) is 10.4. The zero-order valence-corrected chi connectivity index (χ0v) is 17.9. The third-order valence-electron chi connectivity index (χ3n) is 5.24. The Morgan fingerprint density at radius 2 is 1.74 bits per heavy atom. The zero-order chi connectivity index (χ0) is 22.1. The van der Waals surface area contributed by atoms with Gasteiger partial charge < -0.3 is 20.7 Å². The van der Waals surface area contributed by atoms with E-state index in [0.29, 0.717) is 5.75 Å². The molecule has 0 aliphatic carbocycles. The number of piperazine rings is 1. The minimum Gasteiger partial charge on any atom is -0.484 e. The SMILES string of the molecule is CN1CCN(CC(NC(=O)/C=C/c2ccc(OCC(N)=O)cc2)c2ccccc2)CC1. The molecule has 1 atom stereocenters. The van der Waals surface area contributed by atoms with E-state index >= 15 is 0 Å². The normalized spacial score (nSPS) is 16.2. The van der Waals surface area contributed by atoms with E-state index in [1.54, 1.807) is 24.3 Å². The Morgan fingerprint density at radius 3 is 2.39 bits per heavy atom. The van der Waals surface area contributed by atoms with Gasteiger partial charge in [-0.15, -0.1) is 0 Å². The highest BCUT2D eigenvalue weighted by Crippen LogP contribution is 2.16. The third-order valence-corrected chi connectivity index (χ3v) is 5.24. The predicted octanol–water partition coefficient (Wildman–Crippen LogP) is 1.67. The molecule has 2 aromatic carbocycles. The van der Waals surface area contributed by atoms with Crippen LogP contribution in [-0.4, -0.2) is 68.0 Å². The average Bonchev–Trinajstić information content (AvgIpc) is 2.78. The van der Waals surface area contributed by atoms with Crippen LogP contribution >= 0.6 is 0 Å². The predicted molar refractivity (Wildman–Crippen MR) is 121 cm³/mol. The van der Waals surface area contributed by atoms with Crippen LogP contribution < -0.4 is 15.8 Å². The molecule has 0 saturated carbocycles. The van der Waals surface area contributed by atoms with Gasteiger partial charge in [0.25, 0.3) is 5.91 Å². The first-order chi connectivity index (χ1) is 15.0. The number of carbonyl (C=O) groups is 2. The minimum absolute atomic E-state index is 0.0775. The van der Waals surface area contributed by atoms with Crippen LogP contribution in [0.15, 0.2) is 60.7 Å². The van der Waals surface area contributed by atoms with Crippen LogP contribution in [-0.2, 0) is 9.59 Å². The summed E-state index contributed by atoms with van der Waals surface area (Å²) >= 11 is 0. The van der Waals surface area contributed by atoms with Crippen molar-refractivity contribution in [3.8, 4) is 5.75 Å². The number of rotatable bonds is 9. The molecule has 1 heterocycles. The molecule has 3 N–H and O–H groups in total. The van der Waals surface area contributed by atoms with Crippen LogP contribution in [0, 0.1) is 0 Å². The number of nitrogens with one attached hydrogen (secondary N) is 1. The monoisotopic (exact) mass is 422 g/mol. The molecule has 1 saturated heterocycles. The van der Waals surface area contributed by atoms with Gasteiger partial charge in [0.05, 0.1) is 6.04 Å². The van der Waals surface area contributed by atoms with Gasteiger partial charge in [-0.05, 0) is 36.4 Å². The summed E-state index contributed by atoms with van der Waals surface area (Å²) in [6.45, 7) is 4.68. The first kappa shape index (κ1) is 22.5. The summed E-state index contributed by atoms with van der Waals surface area (Å²) in [5.41, 5.74) is 7.03. The van der Waals surface area contributed by atoms with E-state index < -0.39 is 5.91 Å². The van der Waals surface area contributed by atoms with Gasteiger partial charge in [0.2, 0.25) is 5.91 Å². The Morgan fingerprint density at radius 1 is 1.06 bits per heavy atom. The lowest BCUT2D eigenvalue weighted by molar-refractivity contribution is -0.120. The Kier molecular flexibility index (Phi) is 8.20. The molecule has 7 nitrogen and oxygen atoms in total. The number of nitrogens with two attached hydrogens (primary N) is 1. The van der Waals surface area contributed by atoms with Gasteiger partial charge in [-0.2, -0.15) is 0 Å². The number of likely N-dealkylation sites (N-methyl/N-ethyl adjacent to an activating group) is 1. The van der Waals surface area contributed by atoms with Crippen molar-refractivity contribution in [2.45, 2.75) is 6.04 Å². The van der Waals surface area contributed by atoms with Crippen molar-refractivity contribution in [3.05, 3.63) is 71.8 Å². The maximum Gasteiger partial charge on any atom is 0.255 e. The fourth-order valence-electron chi connectivity index (χ4n) is 3.43. The number of hydrogen-bond acceptors (Lipinski definition) is 5. The van der Waals surface area contributed by atoms with E-state index in [2.05, 4.69) is 34.3 Å². The van der Waals surface area contributed by atoms with Crippen molar-refractivity contribution in [2.24, 2.45) is 5.73 Å². The second-order valence-corrected chi connectivity index (χ2v) is 7.73. The Hall–Kier alpha value is -3.16. The molecule has 3 rings (SSSR count). The van der Waals surface area contributed by atoms with E-state index in [1.165, 1.54) is 0 Å². The third kappa shape index (κ3) is 7.55. The molecular weight excluding hydrogens is 392 g/mol. The molecule has 7 heteroatoms. The molecular formula is C24H30N4O3. The number of primary amides is 1. The maximum absolute atomic E-state index is 12.6. The fraction of sp³-hybridized carbons (Fsp3) is 0.333. The van der Waals surface area contributed by atoms with E-state index in [4.69, 9.17) is 10.5 Å². The van der Waals surface area contributed by atoms with Crippen molar-refractivity contribution in [1.82, 2.24) is 15.1 Å². The lowest BCUT2D eigenvalue weighted by Crippen LogP contribution is -2.47. The van der Waals surface area contributed by atoms with Crippen molar-refractivity contribution >= 4 is 17.9 Å². The highest BCUT2D eigenvalue weighted by atomic mass is 16.5. The number of nitrogens with zero attached hydrogens (tertiary/aromatic N) is 2. The average molecular weight is 423 g/mol. The maximum atomic E-state index is 12.6. The molecule has 0 spiro atoms. The molecule has 1 unspecified atom stereocenters. The van der Waals surface area contributed by atoms with Gasteiger partial charge in [0.1, 0.15) is 5.75 Å². The number of amides is 2. The van der Waals surface area contributed by atoms with Gasteiger partial charge >= 0.3 is 0 Å².